The van der Waals surface area contributed by atoms with Gasteiger partial charge in [0.2, 0.25) is 0 Å². The number of nitrogens with zero attached hydrogens (tertiary/aromatic N) is 1. The van der Waals surface area contributed by atoms with Crippen LogP contribution in [0.25, 0.3) is 0 Å². The highest BCUT2D eigenvalue weighted by Gasteiger charge is 2.27. The zero-order chi connectivity index (χ0) is 14.7. The lowest BCUT2D eigenvalue weighted by Crippen LogP contribution is -2.37. The van der Waals surface area contributed by atoms with Gasteiger partial charge in [0.25, 0.3) is 0 Å². The molecule has 0 saturated heterocycles. The van der Waals surface area contributed by atoms with Crippen LogP contribution in [0.2, 0.25) is 10.0 Å². The second-order valence-corrected chi connectivity index (χ2v) is 6.01. The standard InChI is InChI=1S/C14H18Cl2N2O2/c1-18(8-9-3-2-4-13(9)19)14(20)17-10-5-6-11(15)12(16)7-10/h5-7,9,13,19H,2-4,8H2,1H3,(H,17,20). The third-order valence-corrected chi connectivity index (χ3v) is 4.38. The van der Waals surface area contributed by atoms with Crippen molar-refractivity contribution in [2.45, 2.75) is 25.4 Å². The number of carbonyl (C=O) groups is 1. The number of aliphatic hydroxyl groups is 1. The molecule has 0 aromatic heterocycles. The van der Waals surface area contributed by atoms with Gasteiger partial charge in [0.15, 0.2) is 0 Å². The number of rotatable bonds is 3. The molecule has 0 aliphatic heterocycles. The molecule has 2 unspecified atom stereocenters. The minimum Gasteiger partial charge on any atom is -0.393 e. The van der Waals surface area contributed by atoms with Crippen molar-refractivity contribution in [1.82, 2.24) is 4.90 Å². The molecular formula is C14H18Cl2N2O2. The Balaban J connectivity index is 1.91. The van der Waals surface area contributed by atoms with Gasteiger partial charge >= 0.3 is 6.03 Å². The third kappa shape index (κ3) is 3.78. The molecule has 2 amide bonds. The van der Waals surface area contributed by atoms with Crippen LogP contribution < -0.4 is 5.32 Å². The smallest absolute Gasteiger partial charge is 0.321 e. The summed E-state index contributed by atoms with van der Waals surface area (Å²) in [4.78, 5) is 13.6. The highest BCUT2D eigenvalue weighted by atomic mass is 35.5. The van der Waals surface area contributed by atoms with Gasteiger partial charge in [-0.1, -0.05) is 29.6 Å². The van der Waals surface area contributed by atoms with Crippen molar-refractivity contribution in [3.63, 3.8) is 0 Å². The van der Waals surface area contributed by atoms with Crippen LogP contribution in [0.1, 0.15) is 19.3 Å². The van der Waals surface area contributed by atoms with E-state index in [1.165, 1.54) is 0 Å². The van der Waals surface area contributed by atoms with Gasteiger partial charge < -0.3 is 15.3 Å². The topological polar surface area (TPSA) is 52.6 Å². The summed E-state index contributed by atoms with van der Waals surface area (Å²) < 4.78 is 0. The summed E-state index contributed by atoms with van der Waals surface area (Å²) >= 11 is 11.7. The highest BCUT2D eigenvalue weighted by molar-refractivity contribution is 6.42. The maximum atomic E-state index is 12.1. The number of urea groups is 1. The second kappa shape index (κ2) is 6.66. The number of carbonyl (C=O) groups excluding carboxylic acids is 1. The van der Waals surface area contributed by atoms with Crippen LogP contribution >= 0.6 is 23.2 Å². The van der Waals surface area contributed by atoms with E-state index >= 15 is 0 Å². The van der Waals surface area contributed by atoms with Crippen LogP contribution in [0.4, 0.5) is 10.5 Å². The number of hydrogen-bond acceptors (Lipinski definition) is 2. The predicted octanol–water partition coefficient (Wildman–Crippen LogP) is 3.62. The third-order valence-electron chi connectivity index (χ3n) is 3.64. The normalized spacial score (nSPS) is 21.8. The van der Waals surface area contributed by atoms with Crippen molar-refractivity contribution in [3.05, 3.63) is 28.2 Å². The minimum absolute atomic E-state index is 0.166. The van der Waals surface area contributed by atoms with Crippen LogP contribution in [0.3, 0.4) is 0 Å². The predicted molar refractivity (Wildman–Crippen MR) is 81.5 cm³/mol. The summed E-state index contributed by atoms with van der Waals surface area (Å²) in [5, 5.41) is 13.4. The van der Waals surface area contributed by atoms with Crippen molar-refractivity contribution in [1.29, 1.82) is 0 Å². The van der Waals surface area contributed by atoms with Crippen LogP contribution in [-0.2, 0) is 0 Å². The Morgan fingerprint density at radius 3 is 2.75 bits per heavy atom. The first kappa shape index (κ1) is 15.4. The summed E-state index contributed by atoms with van der Waals surface area (Å²) in [5.41, 5.74) is 0.600. The van der Waals surface area contributed by atoms with E-state index in [1.807, 2.05) is 0 Å². The van der Waals surface area contributed by atoms with Crippen LogP contribution in [0, 0.1) is 5.92 Å². The molecule has 1 fully saturated rings. The highest BCUT2D eigenvalue weighted by Crippen LogP contribution is 2.27. The molecule has 1 aliphatic carbocycles. The number of nitrogens with one attached hydrogen (secondary N) is 1. The van der Waals surface area contributed by atoms with E-state index < -0.39 is 0 Å². The molecule has 2 atom stereocenters. The minimum atomic E-state index is -0.296. The number of hydrogen-bond donors (Lipinski definition) is 2. The lowest BCUT2D eigenvalue weighted by atomic mass is 10.1. The van der Waals surface area contributed by atoms with E-state index in [-0.39, 0.29) is 18.1 Å². The summed E-state index contributed by atoms with van der Waals surface area (Å²) in [5.74, 6) is 0.166. The summed E-state index contributed by atoms with van der Waals surface area (Å²) in [6.07, 6.45) is 2.52. The second-order valence-electron chi connectivity index (χ2n) is 5.20. The number of benzene rings is 1. The first-order chi connectivity index (χ1) is 9.47. The van der Waals surface area contributed by atoms with Crippen molar-refractivity contribution in [3.8, 4) is 0 Å². The maximum absolute atomic E-state index is 12.1. The number of halogens is 2. The van der Waals surface area contributed by atoms with E-state index in [4.69, 9.17) is 23.2 Å². The quantitative estimate of drug-likeness (QED) is 0.894. The Morgan fingerprint density at radius 2 is 2.15 bits per heavy atom. The molecule has 4 nitrogen and oxygen atoms in total. The molecule has 0 spiro atoms. The number of amides is 2. The van der Waals surface area contributed by atoms with Gasteiger partial charge in [-0.3, -0.25) is 0 Å². The summed E-state index contributed by atoms with van der Waals surface area (Å²) in [6, 6.07) is 4.73. The van der Waals surface area contributed by atoms with Gasteiger partial charge in [-0.2, -0.15) is 0 Å². The summed E-state index contributed by atoms with van der Waals surface area (Å²) in [7, 11) is 1.72. The molecule has 110 valence electrons. The van der Waals surface area contributed by atoms with Gasteiger partial charge in [-0.15, -0.1) is 0 Å². The molecular weight excluding hydrogens is 299 g/mol. The fourth-order valence-corrected chi connectivity index (χ4v) is 2.76. The van der Waals surface area contributed by atoms with Crippen LogP contribution in [-0.4, -0.2) is 35.7 Å². The fraction of sp³-hybridized carbons (Fsp3) is 0.500. The molecule has 1 aliphatic rings. The van der Waals surface area contributed by atoms with Crippen molar-refractivity contribution < 1.29 is 9.90 Å². The van der Waals surface area contributed by atoms with Gasteiger partial charge in [0.1, 0.15) is 0 Å². The van der Waals surface area contributed by atoms with Crippen molar-refractivity contribution in [2.24, 2.45) is 5.92 Å². The van der Waals surface area contributed by atoms with Crippen molar-refractivity contribution in [2.75, 3.05) is 18.9 Å². The Labute approximate surface area is 128 Å². The van der Waals surface area contributed by atoms with Crippen LogP contribution in [0.15, 0.2) is 18.2 Å². The Hall–Kier alpha value is -0.970. The van der Waals surface area contributed by atoms with Gasteiger partial charge in [-0.05, 0) is 31.0 Å². The average Bonchev–Trinajstić information content (AvgIpc) is 2.79. The Kier molecular flexibility index (Phi) is 5.13. The van der Waals surface area contributed by atoms with Gasteiger partial charge in [0, 0.05) is 25.2 Å². The molecule has 1 saturated carbocycles. The lowest BCUT2D eigenvalue weighted by Gasteiger charge is -2.23. The van der Waals surface area contributed by atoms with Gasteiger partial charge in [-0.25, -0.2) is 4.79 Å². The van der Waals surface area contributed by atoms with E-state index in [9.17, 15) is 9.90 Å². The lowest BCUT2D eigenvalue weighted by molar-refractivity contribution is 0.116. The monoisotopic (exact) mass is 316 g/mol. The zero-order valence-electron chi connectivity index (χ0n) is 11.3. The van der Waals surface area contributed by atoms with Crippen molar-refractivity contribution >= 4 is 34.9 Å². The molecule has 0 radical (unpaired) electrons. The van der Waals surface area contributed by atoms with E-state index in [2.05, 4.69) is 5.32 Å². The van der Waals surface area contributed by atoms with E-state index in [0.29, 0.717) is 22.3 Å². The number of aliphatic hydroxyl groups excluding tert-OH is 1. The fourth-order valence-electron chi connectivity index (χ4n) is 2.46. The van der Waals surface area contributed by atoms with Crippen LogP contribution in [0.5, 0.6) is 0 Å². The molecule has 1 aromatic carbocycles. The molecule has 1 aromatic rings. The number of anilines is 1. The van der Waals surface area contributed by atoms with Gasteiger partial charge in [0.05, 0.1) is 16.1 Å². The molecule has 0 heterocycles. The average molecular weight is 317 g/mol. The Morgan fingerprint density at radius 1 is 1.40 bits per heavy atom. The van der Waals surface area contributed by atoms with E-state index in [0.717, 1.165) is 19.3 Å². The largest absolute Gasteiger partial charge is 0.393 e. The first-order valence-electron chi connectivity index (χ1n) is 6.62. The first-order valence-corrected chi connectivity index (χ1v) is 7.38. The van der Waals surface area contributed by atoms with E-state index in [1.54, 1.807) is 30.1 Å². The maximum Gasteiger partial charge on any atom is 0.321 e. The summed E-state index contributed by atoms with van der Waals surface area (Å²) in [6.45, 7) is 0.550. The zero-order valence-corrected chi connectivity index (χ0v) is 12.8. The molecule has 2 N–H and O–H groups in total. The molecule has 6 heteroatoms. The molecule has 2 rings (SSSR count). The Bertz CT molecular complexity index is 496. The molecule has 20 heavy (non-hydrogen) atoms. The SMILES string of the molecule is CN(CC1CCCC1O)C(=O)Nc1ccc(Cl)c(Cl)c1. The molecule has 0 bridgehead atoms.